The lowest BCUT2D eigenvalue weighted by Gasteiger charge is -2.30. The average Bonchev–Trinajstić information content (AvgIpc) is 2.33. The van der Waals surface area contributed by atoms with E-state index >= 15 is 0 Å². The summed E-state index contributed by atoms with van der Waals surface area (Å²) < 4.78 is 0. The molecule has 86 valence electrons. The monoisotopic (exact) mass is 219 g/mol. The van der Waals surface area contributed by atoms with Crippen molar-refractivity contribution in [3.63, 3.8) is 0 Å². The normalized spacial score (nSPS) is 18.3. The predicted molar refractivity (Wildman–Crippen MR) is 63.8 cm³/mol. The van der Waals surface area contributed by atoms with Crippen LogP contribution in [0.1, 0.15) is 23.2 Å². The van der Waals surface area contributed by atoms with Crippen molar-refractivity contribution >= 4 is 12.0 Å². The zero-order valence-corrected chi connectivity index (χ0v) is 9.52. The lowest BCUT2D eigenvalue weighted by molar-refractivity contribution is 0.112. The minimum atomic E-state index is 0.470. The van der Waals surface area contributed by atoms with Gasteiger partial charge in [-0.1, -0.05) is 0 Å². The second kappa shape index (κ2) is 5.07. The zero-order chi connectivity index (χ0) is 11.4. The lowest BCUT2D eigenvalue weighted by atomic mass is 10.0. The fraction of sp³-hybridized carbons (Fsp3) is 0.500. The Morgan fingerprint density at radius 1 is 1.50 bits per heavy atom. The number of likely N-dealkylation sites (tertiary alicyclic amines) is 1. The van der Waals surface area contributed by atoms with Gasteiger partial charge in [-0.05, 0) is 39.0 Å². The van der Waals surface area contributed by atoms with Crippen molar-refractivity contribution in [3.05, 3.63) is 24.0 Å². The van der Waals surface area contributed by atoms with Crippen molar-refractivity contribution in [2.75, 3.05) is 25.5 Å². The van der Waals surface area contributed by atoms with Crippen LogP contribution in [0.25, 0.3) is 0 Å². The van der Waals surface area contributed by atoms with Gasteiger partial charge in [-0.15, -0.1) is 0 Å². The van der Waals surface area contributed by atoms with Crippen LogP contribution in [-0.2, 0) is 0 Å². The lowest BCUT2D eigenvalue weighted by Crippen LogP contribution is -2.36. The van der Waals surface area contributed by atoms with E-state index in [1.54, 1.807) is 12.4 Å². The van der Waals surface area contributed by atoms with Gasteiger partial charge in [-0.2, -0.15) is 0 Å². The maximum atomic E-state index is 10.8. The summed E-state index contributed by atoms with van der Waals surface area (Å²) in [7, 11) is 2.14. The topological polar surface area (TPSA) is 45.2 Å². The SMILES string of the molecule is CN1CCC(Nc2ccncc2C=O)CC1. The molecule has 0 radical (unpaired) electrons. The zero-order valence-electron chi connectivity index (χ0n) is 9.52. The highest BCUT2D eigenvalue weighted by atomic mass is 16.1. The van der Waals surface area contributed by atoms with Gasteiger partial charge in [-0.3, -0.25) is 9.78 Å². The second-order valence-corrected chi connectivity index (χ2v) is 4.30. The van der Waals surface area contributed by atoms with Crippen LogP contribution in [0.2, 0.25) is 0 Å². The van der Waals surface area contributed by atoms with E-state index in [1.807, 2.05) is 6.07 Å². The first-order valence-electron chi connectivity index (χ1n) is 5.64. The molecule has 1 aromatic rings. The first kappa shape index (κ1) is 11.1. The molecular weight excluding hydrogens is 202 g/mol. The average molecular weight is 219 g/mol. The summed E-state index contributed by atoms with van der Waals surface area (Å²) in [6, 6.07) is 2.33. The van der Waals surface area contributed by atoms with Gasteiger partial charge in [0.25, 0.3) is 0 Å². The molecule has 0 unspecified atom stereocenters. The number of rotatable bonds is 3. The standard InChI is InChI=1S/C12H17N3O/c1-15-6-3-11(4-7-15)14-12-2-5-13-8-10(12)9-16/h2,5,8-9,11H,3-4,6-7H2,1H3,(H,13,14). The fourth-order valence-corrected chi connectivity index (χ4v) is 2.00. The molecule has 4 nitrogen and oxygen atoms in total. The number of carbonyl (C=O) groups is 1. The number of hydrogen-bond acceptors (Lipinski definition) is 4. The van der Waals surface area contributed by atoms with E-state index in [0.29, 0.717) is 11.6 Å². The van der Waals surface area contributed by atoms with Crippen molar-refractivity contribution < 1.29 is 4.79 Å². The number of nitrogens with one attached hydrogen (secondary N) is 1. The molecule has 0 amide bonds. The molecule has 1 fully saturated rings. The second-order valence-electron chi connectivity index (χ2n) is 4.30. The van der Waals surface area contributed by atoms with E-state index in [0.717, 1.165) is 37.9 Å². The number of hydrogen-bond donors (Lipinski definition) is 1. The van der Waals surface area contributed by atoms with Crippen molar-refractivity contribution in [2.24, 2.45) is 0 Å². The first-order chi connectivity index (χ1) is 7.79. The number of aromatic nitrogens is 1. The minimum absolute atomic E-state index is 0.470. The summed E-state index contributed by atoms with van der Waals surface area (Å²) in [6.07, 6.45) is 6.41. The highest BCUT2D eigenvalue weighted by Gasteiger charge is 2.16. The molecule has 0 bridgehead atoms. The Labute approximate surface area is 95.7 Å². The number of aldehydes is 1. The third kappa shape index (κ3) is 2.58. The largest absolute Gasteiger partial charge is 0.382 e. The molecule has 16 heavy (non-hydrogen) atoms. The van der Waals surface area contributed by atoms with Crippen LogP contribution in [0.5, 0.6) is 0 Å². The number of pyridine rings is 1. The van der Waals surface area contributed by atoms with Crippen molar-refractivity contribution in [1.82, 2.24) is 9.88 Å². The summed E-state index contributed by atoms with van der Waals surface area (Å²) in [6.45, 7) is 2.22. The summed E-state index contributed by atoms with van der Waals surface area (Å²) in [4.78, 5) is 17.1. The van der Waals surface area contributed by atoms with Gasteiger partial charge >= 0.3 is 0 Å². The molecule has 2 rings (SSSR count). The van der Waals surface area contributed by atoms with E-state index in [1.165, 1.54) is 0 Å². The third-order valence-corrected chi connectivity index (χ3v) is 3.06. The Hall–Kier alpha value is -1.42. The molecular formula is C12H17N3O. The van der Waals surface area contributed by atoms with Crippen molar-refractivity contribution in [2.45, 2.75) is 18.9 Å². The number of piperidine rings is 1. The summed E-state index contributed by atoms with van der Waals surface area (Å²) in [5, 5.41) is 3.42. The molecule has 1 aliphatic heterocycles. The van der Waals surface area contributed by atoms with Crippen LogP contribution in [0.15, 0.2) is 18.5 Å². The van der Waals surface area contributed by atoms with Crippen LogP contribution in [0.3, 0.4) is 0 Å². The van der Waals surface area contributed by atoms with E-state index in [2.05, 4.69) is 22.2 Å². The molecule has 1 saturated heterocycles. The molecule has 1 aliphatic rings. The van der Waals surface area contributed by atoms with Crippen LogP contribution in [-0.4, -0.2) is 42.3 Å². The van der Waals surface area contributed by atoms with E-state index < -0.39 is 0 Å². The summed E-state index contributed by atoms with van der Waals surface area (Å²) >= 11 is 0. The van der Waals surface area contributed by atoms with Crippen LogP contribution < -0.4 is 5.32 Å². The van der Waals surface area contributed by atoms with Crippen molar-refractivity contribution in [1.29, 1.82) is 0 Å². The predicted octanol–water partition coefficient (Wildman–Crippen LogP) is 1.40. The molecule has 0 atom stereocenters. The van der Waals surface area contributed by atoms with Gasteiger partial charge in [0.05, 0.1) is 5.56 Å². The van der Waals surface area contributed by atoms with Gasteiger partial charge in [-0.25, -0.2) is 0 Å². The minimum Gasteiger partial charge on any atom is -0.382 e. The Morgan fingerprint density at radius 3 is 2.94 bits per heavy atom. The molecule has 0 aromatic carbocycles. The molecule has 1 N–H and O–H groups in total. The Kier molecular flexibility index (Phi) is 3.51. The molecule has 4 heteroatoms. The van der Waals surface area contributed by atoms with Gasteiger partial charge in [0.2, 0.25) is 0 Å². The number of anilines is 1. The van der Waals surface area contributed by atoms with Gasteiger partial charge in [0, 0.05) is 24.1 Å². The quantitative estimate of drug-likeness (QED) is 0.780. The van der Waals surface area contributed by atoms with Gasteiger partial charge in [0.15, 0.2) is 6.29 Å². The third-order valence-electron chi connectivity index (χ3n) is 3.06. The van der Waals surface area contributed by atoms with E-state index in [9.17, 15) is 4.79 Å². The molecule has 0 aliphatic carbocycles. The molecule has 2 heterocycles. The van der Waals surface area contributed by atoms with Crippen LogP contribution in [0, 0.1) is 0 Å². The molecule has 1 aromatic heterocycles. The Bertz CT molecular complexity index is 359. The van der Waals surface area contributed by atoms with Gasteiger partial charge in [0.1, 0.15) is 0 Å². The molecule has 0 saturated carbocycles. The van der Waals surface area contributed by atoms with E-state index in [4.69, 9.17) is 0 Å². The van der Waals surface area contributed by atoms with Crippen LogP contribution >= 0.6 is 0 Å². The first-order valence-corrected chi connectivity index (χ1v) is 5.64. The number of carbonyl (C=O) groups excluding carboxylic acids is 1. The highest BCUT2D eigenvalue weighted by molar-refractivity contribution is 5.83. The maximum absolute atomic E-state index is 10.8. The maximum Gasteiger partial charge on any atom is 0.153 e. The Balaban J connectivity index is 2.00. The smallest absolute Gasteiger partial charge is 0.153 e. The molecule has 0 spiro atoms. The highest BCUT2D eigenvalue weighted by Crippen LogP contribution is 2.17. The van der Waals surface area contributed by atoms with Crippen molar-refractivity contribution in [3.8, 4) is 0 Å². The van der Waals surface area contributed by atoms with Gasteiger partial charge < -0.3 is 10.2 Å². The Morgan fingerprint density at radius 2 is 2.25 bits per heavy atom. The summed E-state index contributed by atoms with van der Waals surface area (Å²) in [5.41, 5.74) is 1.54. The fourth-order valence-electron chi connectivity index (χ4n) is 2.00. The number of nitrogens with zero attached hydrogens (tertiary/aromatic N) is 2. The van der Waals surface area contributed by atoms with Crippen LogP contribution in [0.4, 0.5) is 5.69 Å². The summed E-state index contributed by atoms with van der Waals surface area (Å²) in [5.74, 6) is 0. The van der Waals surface area contributed by atoms with E-state index in [-0.39, 0.29) is 0 Å².